The van der Waals surface area contributed by atoms with Crippen LogP contribution in [0.5, 0.6) is 5.75 Å². The fourth-order valence-corrected chi connectivity index (χ4v) is 4.79. The molecule has 1 spiro atoms. The Hall–Kier alpha value is -2.34. The van der Waals surface area contributed by atoms with Gasteiger partial charge in [0.25, 0.3) is 0 Å². The molecule has 2 aromatic rings. The topological polar surface area (TPSA) is 61.5 Å². The van der Waals surface area contributed by atoms with E-state index in [0.29, 0.717) is 12.3 Å². The third-order valence-corrected chi connectivity index (χ3v) is 6.23. The minimum atomic E-state index is 0.235. The quantitative estimate of drug-likeness (QED) is 0.835. The number of piperidine rings is 2. The van der Waals surface area contributed by atoms with E-state index in [-0.39, 0.29) is 5.41 Å². The number of amides is 1. The Kier molecular flexibility index (Phi) is 5.67. The molecule has 1 N–H and O–H groups in total. The summed E-state index contributed by atoms with van der Waals surface area (Å²) >= 11 is 0. The van der Waals surface area contributed by atoms with Crippen molar-refractivity contribution in [3.05, 3.63) is 48.0 Å². The van der Waals surface area contributed by atoms with Crippen LogP contribution in [0.4, 0.5) is 0 Å². The molecule has 2 fully saturated rings. The second kappa shape index (κ2) is 8.35. The molecule has 0 saturated carbocycles. The number of aromatic nitrogens is 2. The van der Waals surface area contributed by atoms with Gasteiger partial charge in [0.1, 0.15) is 5.75 Å². The lowest BCUT2D eigenvalue weighted by atomic mass is 9.73. The number of imidazole rings is 1. The van der Waals surface area contributed by atoms with Crippen LogP contribution in [0.25, 0.3) is 0 Å². The van der Waals surface area contributed by atoms with E-state index in [2.05, 4.69) is 38.0 Å². The highest BCUT2D eigenvalue weighted by atomic mass is 16.5. The molecule has 3 heterocycles. The Balaban J connectivity index is 1.39. The summed E-state index contributed by atoms with van der Waals surface area (Å²) in [6.07, 6.45) is 8.50. The summed E-state index contributed by atoms with van der Waals surface area (Å²) in [6.45, 7) is 4.80. The van der Waals surface area contributed by atoms with Crippen molar-refractivity contribution >= 4 is 5.91 Å². The molecule has 0 bridgehead atoms. The van der Waals surface area contributed by atoms with Crippen LogP contribution in [0.15, 0.2) is 36.8 Å². The Morgan fingerprint density at radius 2 is 2.21 bits per heavy atom. The second-order valence-electron chi connectivity index (χ2n) is 8.31. The third-order valence-electron chi connectivity index (χ3n) is 6.23. The maximum absolute atomic E-state index is 12.5. The van der Waals surface area contributed by atoms with E-state index in [9.17, 15) is 4.79 Å². The number of methoxy groups -OCH3 is 1. The van der Waals surface area contributed by atoms with E-state index >= 15 is 0 Å². The molecular weight excluding hydrogens is 352 g/mol. The van der Waals surface area contributed by atoms with Gasteiger partial charge in [-0.15, -0.1) is 0 Å². The molecule has 2 aliphatic rings. The average Bonchev–Trinajstić information content (AvgIpc) is 3.23. The fourth-order valence-electron chi connectivity index (χ4n) is 4.79. The van der Waals surface area contributed by atoms with Gasteiger partial charge in [-0.05, 0) is 43.5 Å². The van der Waals surface area contributed by atoms with E-state index in [0.717, 1.165) is 57.0 Å². The monoisotopic (exact) mass is 382 g/mol. The summed E-state index contributed by atoms with van der Waals surface area (Å²) in [5.41, 5.74) is 2.62. The van der Waals surface area contributed by atoms with Crippen molar-refractivity contribution < 1.29 is 9.53 Å². The molecule has 6 heteroatoms. The van der Waals surface area contributed by atoms with Crippen molar-refractivity contribution in [1.29, 1.82) is 0 Å². The van der Waals surface area contributed by atoms with E-state index in [1.54, 1.807) is 13.4 Å². The predicted molar refractivity (Wildman–Crippen MR) is 108 cm³/mol. The normalized spacial score (nSPS) is 23.3. The van der Waals surface area contributed by atoms with Crippen LogP contribution < -0.4 is 4.74 Å². The van der Waals surface area contributed by atoms with E-state index in [1.165, 1.54) is 18.4 Å². The van der Waals surface area contributed by atoms with Gasteiger partial charge in [0.05, 0.1) is 13.4 Å². The molecule has 2 aliphatic heterocycles. The lowest BCUT2D eigenvalue weighted by Gasteiger charge is -2.48. The number of carbonyl (C=O) groups is 1. The molecule has 28 heavy (non-hydrogen) atoms. The molecule has 150 valence electrons. The van der Waals surface area contributed by atoms with Gasteiger partial charge in [0.15, 0.2) is 0 Å². The number of hydrogen-bond donors (Lipinski definition) is 1. The van der Waals surface area contributed by atoms with Gasteiger partial charge in [-0.2, -0.15) is 0 Å². The van der Waals surface area contributed by atoms with Crippen LogP contribution in [0, 0.1) is 5.41 Å². The van der Waals surface area contributed by atoms with Gasteiger partial charge in [-0.3, -0.25) is 9.69 Å². The maximum atomic E-state index is 12.5. The van der Waals surface area contributed by atoms with Crippen molar-refractivity contribution in [1.82, 2.24) is 19.8 Å². The number of H-pyrrole nitrogens is 1. The number of rotatable bonds is 6. The number of ether oxygens (including phenoxy) is 1. The standard InChI is InChI=1S/C22H30N4O2/c1-28-20-5-2-4-18(12-20)14-25-10-3-8-22(15-25)9-6-21(27)26(16-22)11-7-19-13-23-17-24-19/h2,4-5,12-13,17H,3,6-11,14-16H2,1H3,(H,23,24). The zero-order valence-electron chi connectivity index (χ0n) is 16.7. The first-order chi connectivity index (χ1) is 13.7. The van der Waals surface area contributed by atoms with Gasteiger partial charge in [0.2, 0.25) is 5.91 Å². The highest BCUT2D eigenvalue weighted by molar-refractivity contribution is 5.77. The molecule has 6 nitrogen and oxygen atoms in total. The van der Waals surface area contributed by atoms with Gasteiger partial charge >= 0.3 is 0 Å². The van der Waals surface area contributed by atoms with Crippen LogP contribution in [-0.4, -0.2) is 59.0 Å². The zero-order valence-corrected chi connectivity index (χ0v) is 16.7. The Labute approximate surface area is 166 Å². The molecular formula is C22H30N4O2. The molecule has 0 radical (unpaired) electrons. The molecule has 1 unspecified atom stereocenters. The van der Waals surface area contributed by atoms with Gasteiger partial charge < -0.3 is 14.6 Å². The molecule has 2 saturated heterocycles. The minimum absolute atomic E-state index is 0.235. The summed E-state index contributed by atoms with van der Waals surface area (Å²) < 4.78 is 5.37. The number of nitrogens with zero attached hydrogens (tertiary/aromatic N) is 3. The SMILES string of the molecule is COc1cccc(CN2CCCC3(CCC(=O)N(CCc4cnc[nH]4)C3)C2)c1. The summed E-state index contributed by atoms with van der Waals surface area (Å²) in [5.74, 6) is 1.22. The van der Waals surface area contributed by atoms with Gasteiger partial charge in [-0.1, -0.05) is 12.1 Å². The van der Waals surface area contributed by atoms with Crippen molar-refractivity contribution in [3.63, 3.8) is 0 Å². The minimum Gasteiger partial charge on any atom is -0.497 e. The predicted octanol–water partition coefficient (Wildman–Crippen LogP) is 2.87. The Morgan fingerprint density at radius 1 is 1.29 bits per heavy atom. The third kappa shape index (κ3) is 4.38. The Bertz CT molecular complexity index is 792. The lowest BCUT2D eigenvalue weighted by Crippen LogP contribution is -2.54. The van der Waals surface area contributed by atoms with Crippen molar-refractivity contribution in [2.24, 2.45) is 5.41 Å². The number of carbonyl (C=O) groups excluding carboxylic acids is 1. The van der Waals surface area contributed by atoms with Crippen LogP contribution >= 0.6 is 0 Å². The fraction of sp³-hybridized carbons (Fsp3) is 0.545. The summed E-state index contributed by atoms with van der Waals surface area (Å²) in [6, 6.07) is 8.35. The number of hydrogen-bond acceptors (Lipinski definition) is 4. The number of nitrogens with one attached hydrogen (secondary N) is 1. The zero-order chi connectivity index (χ0) is 19.4. The Morgan fingerprint density at radius 3 is 3.04 bits per heavy atom. The molecule has 1 atom stereocenters. The van der Waals surface area contributed by atoms with Crippen LogP contribution in [0.3, 0.4) is 0 Å². The number of likely N-dealkylation sites (tertiary alicyclic amines) is 2. The molecule has 1 amide bonds. The van der Waals surface area contributed by atoms with Crippen molar-refractivity contribution in [3.8, 4) is 5.75 Å². The van der Waals surface area contributed by atoms with Gasteiger partial charge in [-0.25, -0.2) is 4.98 Å². The maximum Gasteiger partial charge on any atom is 0.222 e. The van der Waals surface area contributed by atoms with E-state index in [1.807, 2.05) is 12.3 Å². The highest BCUT2D eigenvalue weighted by Gasteiger charge is 2.41. The summed E-state index contributed by atoms with van der Waals surface area (Å²) in [4.78, 5) is 24.3. The molecule has 0 aliphatic carbocycles. The smallest absolute Gasteiger partial charge is 0.222 e. The average molecular weight is 383 g/mol. The van der Waals surface area contributed by atoms with E-state index in [4.69, 9.17) is 4.74 Å². The molecule has 4 rings (SSSR count). The first-order valence-corrected chi connectivity index (χ1v) is 10.3. The highest BCUT2D eigenvalue weighted by Crippen LogP contribution is 2.39. The van der Waals surface area contributed by atoms with Crippen LogP contribution in [0.2, 0.25) is 0 Å². The molecule has 1 aromatic carbocycles. The number of benzene rings is 1. The van der Waals surface area contributed by atoms with Gasteiger partial charge in [0, 0.05) is 56.3 Å². The second-order valence-corrected chi connectivity index (χ2v) is 8.31. The van der Waals surface area contributed by atoms with Crippen molar-refractivity contribution in [2.75, 3.05) is 33.3 Å². The van der Waals surface area contributed by atoms with E-state index < -0.39 is 0 Å². The van der Waals surface area contributed by atoms with Crippen LogP contribution in [0.1, 0.15) is 36.9 Å². The van der Waals surface area contributed by atoms with Crippen molar-refractivity contribution in [2.45, 2.75) is 38.6 Å². The summed E-state index contributed by atoms with van der Waals surface area (Å²) in [5, 5.41) is 0. The summed E-state index contributed by atoms with van der Waals surface area (Å²) in [7, 11) is 1.71. The first-order valence-electron chi connectivity index (χ1n) is 10.3. The largest absolute Gasteiger partial charge is 0.497 e. The van der Waals surface area contributed by atoms with Crippen LogP contribution in [-0.2, 0) is 17.8 Å². The first kappa shape index (κ1) is 19.0. The number of aromatic amines is 1. The lowest BCUT2D eigenvalue weighted by molar-refractivity contribution is -0.139. The molecule has 1 aromatic heterocycles.